The van der Waals surface area contributed by atoms with Crippen molar-refractivity contribution in [3.63, 3.8) is 0 Å². The number of hydrogen-bond donors (Lipinski definition) is 1. The van der Waals surface area contributed by atoms with Gasteiger partial charge in [0.1, 0.15) is 0 Å². The van der Waals surface area contributed by atoms with Crippen LogP contribution in [0.4, 0.5) is 0 Å². The summed E-state index contributed by atoms with van der Waals surface area (Å²) in [6.45, 7) is 10.2. The van der Waals surface area contributed by atoms with Crippen molar-refractivity contribution in [2.45, 2.75) is 12.8 Å². The number of aliphatic hydroxyl groups excluding tert-OH is 1. The minimum absolute atomic E-state index is 0.224. The molecule has 0 heterocycles. The molecule has 70 valence electrons. The minimum Gasteiger partial charge on any atom is -0.395 e. The second kappa shape index (κ2) is 8.50. The molecule has 0 saturated carbocycles. The van der Waals surface area contributed by atoms with Gasteiger partial charge in [0.05, 0.1) is 6.61 Å². The maximum Gasteiger partial charge on any atom is 0.0558 e. The predicted molar refractivity (Wildman–Crippen MR) is 53.2 cm³/mol. The van der Waals surface area contributed by atoms with Crippen LogP contribution in [0, 0.1) is 0 Å². The van der Waals surface area contributed by atoms with Crippen molar-refractivity contribution < 1.29 is 5.11 Å². The largest absolute Gasteiger partial charge is 0.395 e. The molecule has 0 aliphatic rings. The number of aliphatic hydroxyl groups is 1. The number of nitrogens with zero attached hydrogens (tertiary/aromatic N) is 1. The molecule has 0 saturated heterocycles. The molecule has 0 aromatic heterocycles. The van der Waals surface area contributed by atoms with E-state index in [1.165, 1.54) is 0 Å². The van der Waals surface area contributed by atoms with Crippen LogP contribution in [0.1, 0.15) is 12.8 Å². The quantitative estimate of drug-likeness (QED) is 0.439. The molecule has 0 unspecified atom stereocenters. The van der Waals surface area contributed by atoms with E-state index in [0.717, 1.165) is 32.5 Å². The summed E-state index contributed by atoms with van der Waals surface area (Å²) in [6, 6.07) is 0. The van der Waals surface area contributed by atoms with E-state index in [1.54, 1.807) is 0 Å². The molecule has 0 bridgehead atoms. The topological polar surface area (TPSA) is 23.5 Å². The molecule has 0 atom stereocenters. The van der Waals surface area contributed by atoms with E-state index in [0.29, 0.717) is 0 Å². The highest BCUT2D eigenvalue weighted by molar-refractivity contribution is 4.74. The molecule has 0 rings (SSSR count). The Labute approximate surface area is 75.2 Å². The zero-order valence-electron chi connectivity index (χ0n) is 7.71. The lowest BCUT2D eigenvalue weighted by Crippen LogP contribution is -2.28. The highest BCUT2D eigenvalue weighted by Crippen LogP contribution is 1.95. The van der Waals surface area contributed by atoms with Crippen LogP contribution in [-0.2, 0) is 0 Å². The average Bonchev–Trinajstić information content (AvgIpc) is 2.06. The van der Waals surface area contributed by atoms with Gasteiger partial charge in [-0.15, -0.1) is 13.2 Å². The first-order chi connectivity index (χ1) is 5.85. The lowest BCUT2D eigenvalue weighted by molar-refractivity contribution is 0.207. The van der Waals surface area contributed by atoms with E-state index in [4.69, 9.17) is 5.11 Å². The molecule has 0 amide bonds. The summed E-state index contributed by atoms with van der Waals surface area (Å²) < 4.78 is 0. The smallest absolute Gasteiger partial charge is 0.0558 e. The summed E-state index contributed by atoms with van der Waals surface area (Å²) in [4.78, 5) is 2.18. The Morgan fingerprint density at radius 3 is 2.42 bits per heavy atom. The van der Waals surface area contributed by atoms with Crippen LogP contribution in [0.3, 0.4) is 0 Å². The molecule has 0 aromatic rings. The van der Waals surface area contributed by atoms with Crippen molar-refractivity contribution in [3.8, 4) is 0 Å². The van der Waals surface area contributed by atoms with E-state index >= 15 is 0 Å². The van der Waals surface area contributed by atoms with Crippen LogP contribution in [0.25, 0.3) is 0 Å². The van der Waals surface area contributed by atoms with Gasteiger partial charge in [-0.2, -0.15) is 0 Å². The van der Waals surface area contributed by atoms with Crippen LogP contribution in [0.15, 0.2) is 25.3 Å². The second-order valence-electron chi connectivity index (χ2n) is 2.74. The van der Waals surface area contributed by atoms with Gasteiger partial charge in [0.25, 0.3) is 0 Å². The molecule has 0 aliphatic heterocycles. The van der Waals surface area contributed by atoms with Crippen molar-refractivity contribution in [2.24, 2.45) is 0 Å². The highest BCUT2D eigenvalue weighted by Gasteiger charge is 1.99. The number of hydrogen-bond acceptors (Lipinski definition) is 2. The third kappa shape index (κ3) is 6.13. The summed E-state index contributed by atoms with van der Waals surface area (Å²) >= 11 is 0. The Bertz CT molecular complexity index is 123. The third-order valence-corrected chi connectivity index (χ3v) is 1.69. The SMILES string of the molecule is C=CCCCN(CC=C)CCO. The van der Waals surface area contributed by atoms with E-state index in [-0.39, 0.29) is 6.61 Å². The fraction of sp³-hybridized carbons (Fsp3) is 0.600. The zero-order chi connectivity index (χ0) is 9.23. The normalized spacial score (nSPS) is 10.2. The molecule has 0 aliphatic carbocycles. The second-order valence-corrected chi connectivity index (χ2v) is 2.74. The van der Waals surface area contributed by atoms with Crippen LogP contribution in [-0.4, -0.2) is 36.2 Å². The van der Waals surface area contributed by atoms with E-state index < -0.39 is 0 Å². The van der Waals surface area contributed by atoms with Gasteiger partial charge in [0.15, 0.2) is 0 Å². The van der Waals surface area contributed by atoms with Crippen molar-refractivity contribution in [1.29, 1.82) is 0 Å². The van der Waals surface area contributed by atoms with Crippen LogP contribution >= 0.6 is 0 Å². The van der Waals surface area contributed by atoms with Crippen LogP contribution in [0.5, 0.6) is 0 Å². The Kier molecular flexibility index (Phi) is 8.07. The summed E-state index contributed by atoms with van der Waals surface area (Å²) in [6.07, 6.45) is 5.94. The molecular weight excluding hydrogens is 150 g/mol. The fourth-order valence-corrected chi connectivity index (χ4v) is 1.08. The van der Waals surface area contributed by atoms with Crippen molar-refractivity contribution in [3.05, 3.63) is 25.3 Å². The highest BCUT2D eigenvalue weighted by atomic mass is 16.3. The summed E-state index contributed by atoms with van der Waals surface area (Å²) in [5.41, 5.74) is 0. The first kappa shape index (κ1) is 11.4. The molecule has 2 nitrogen and oxygen atoms in total. The minimum atomic E-state index is 0.224. The van der Waals surface area contributed by atoms with Gasteiger partial charge in [0.2, 0.25) is 0 Å². The Balaban J connectivity index is 3.46. The predicted octanol–water partition coefficient (Wildman–Crippen LogP) is 1.43. The Morgan fingerprint density at radius 2 is 1.92 bits per heavy atom. The molecule has 0 radical (unpaired) electrons. The number of allylic oxidation sites excluding steroid dienone is 1. The molecule has 0 aromatic carbocycles. The summed E-state index contributed by atoms with van der Waals surface area (Å²) in [5.74, 6) is 0. The van der Waals surface area contributed by atoms with E-state index in [1.807, 2.05) is 12.2 Å². The van der Waals surface area contributed by atoms with Crippen molar-refractivity contribution in [2.75, 3.05) is 26.2 Å². The zero-order valence-corrected chi connectivity index (χ0v) is 7.71. The standard InChI is InChI=1S/C10H19NO/c1-3-5-6-8-11(7-4-2)9-10-12/h3-4,12H,1-2,5-10H2. The van der Waals surface area contributed by atoms with E-state index in [9.17, 15) is 0 Å². The van der Waals surface area contributed by atoms with Crippen molar-refractivity contribution >= 4 is 0 Å². The van der Waals surface area contributed by atoms with Gasteiger partial charge in [-0.25, -0.2) is 0 Å². The first-order valence-electron chi connectivity index (χ1n) is 4.40. The molecule has 0 fully saturated rings. The molecule has 1 N–H and O–H groups in total. The van der Waals surface area contributed by atoms with E-state index in [2.05, 4.69) is 18.1 Å². The van der Waals surface area contributed by atoms with Crippen molar-refractivity contribution in [1.82, 2.24) is 4.90 Å². The van der Waals surface area contributed by atoms with Gasteiger partial charge < -0.3 is 5.11 Å². The van der Waals surface area contributed by atoms with Gasteiger partial charge in [-0.05, 0) is 19.4 Å². The maximum atomic E-state index is 8.72. The number of rotatable bonds is 8. The lowest BCUT2D eigenvalue weighted by Gasteiger charge is -2.18. The van der Waals surface area contributed by atoms with Crippen LogP contribution < -0.4 is 0 Å². The third-order valence-electron chi connectivity index (χ3n) is 1.69. The monoisotopic (exact) mass is 169 g/mol. The van der Waals surface area contributed by atoms with Gasteiger partial charge in [-0.1, -0.05) is 12.2 Å². The fourth-order valence-electron chi connectivity index (χ4n) is 1.08. The summed E-state index contributed by atoms with van der Waals surface area (Å²) in [7, 11) is 0. The summed E-state index contributed by atoms with van der Waals surface area (Å²) in [5, 5.41) is 8.72. The molecule has 2 heteroatoms. The first-order valence-corrected chi connectivity index (χ1v) is 4.40. The van der Waals surface area contributed by atoms with Gasteiger partial charge in [0, 0.05) is 13.1 Å². The van der Waals surface area contributed by atoms with Crippen LogP contribution in [0.2, 0.25) is 0 Å². The molecular formula is C10H19NO. The maximum absolute atomic E-state index is 8.72. The molecule has 0 spiro atoms. The number of unbranched alkanes of at least 4 members (excludes halogenated alkanes) is 1. The average molecular weight is 169 g/mol. The lowest BCUT2D eigenvalue weighted by atomic mass is 10.3. The molecule has 12 heavy (non-hydrogen) atoms. The Morgan fingerprint density at radius 1 is 1.17 bits per heavy atom. The van der Waals surface area contributed by atoms with Gasteiger partial charge in [-0.3, -0.25) is 4.90 Å². The van der Waals surface area contributed by atoms with Gasteiger partial charge >= 0.3 is 0 Å². The Hall–Kier alpha value is -0.600.